The monoisotopic (exact) mass is 486 g/mol. The van der Waals surface area contributed by atoms with Gasteiger partial charge in [0, 0.05) is 62.5 Å². The molecule has 4 rings (SSSR count). The largest absolute Gasteiger partial charge is 0.497 e. The average molecular weight is 487 g/mol. The molecule has 1 aliphatic heterocycles. The second-order valence-corrected chi connectivity index (χ2v) is 7.69. The lowest BCUT2D eigenvalue weighted by molar-refractivity contribution is 0.0705. The molecule has 0 aliphatic carbocycles. The lowest BCUT2D eigenvalue weighted by atomic mass is 10.2. The van der Waals surface area contributed by atoms with Crippen molar-refractivity contribution in [3.63, 3.8) is 0 Å². The van der Waals surface area contributed by atoms with Gasteiger partial charge in [-0.2, -0.15) is 4.98 Å². The van der Waals surface area contributed by atoms with Crippen LogP contribution in [0.5, 0.6) is 11.5 Å². The highest BCUT2D eigenvalue weighted by Crippen LogP contribution is 2.30. The van der Waals surface area contributed by atoms with Crippen molar-refractivity contribution in [2.24, 2.45) is 0 Å². The first-order valence-corrected chi connectivity index (χ1v) is 10.7. The number of nitrogens with one attached hydrogen (secondary N) is 2. The number of carbonyl (C=O) groups is 1. The van der Waals surface area contributed by atoms with Crippen LogP contribution in [0.25, 0.3) is 0 Å². The first-order chi connectivity index (χ1) is 16.5. The number of piperazine rings is 1. The van der Waals surface area contributed by atoms with E-state index in [1.54, 1.807) is 32.0 Å². The smallest absolute Gasteiger partial charge is 0.277 e. The SMILES string of the molecule is COc1cc(Nc2nc(N3CCN(c4ncc(C(=O)NO)cn4)CC3)ncc2Cl)cc(OC)c1. The van der Waals surface area contributed by atoms with Crippen LogP contribution in [0.4, 0.5) is 23.4 Å². The van der Waals surface area contributed by atoms with Gasteiger partial charge in [0.25, 0.3) is 5.91 Å². The van der Waals surface area contributed by atoms with Crippen LogP contribution in [0.1, 0.15) is 10.4 Å². The number of hydroxylamine groups is 1. The Hall–Kier alpha value is -3.90. The summed E-state index contributed by atoms with van der Waals surface area (Å²) in [4.78, 5) is 32.9. The molecule has 178 valence electrons. The van der Waals surface area contributed by atoms with E-state index in [9.17, 15) is 4.79 Å². The Bertz CT molecular complexity index is 1130. The first kappa shape index (κ1) is 23.3. The Kier molecular flexibility index (Phi) is 7.09. The molecule has 3 N–H and O–H groups in total. The molecule has 0 atom stereocenters. The molecular formula is C21H23ClN8O4. The van der Waals surface area contributed by atoms with Gasteiger partial charge < -0.3 is 24.6 Å². The molecule has 0 bridgehead atoms. The molecule has 3 heterocycles. The molecule has 0 spiro atoms. The maximum Gasteiger partial charge on any atom is 0.277 e. The van der Waals surface area contributed by atoms with Gasteiger partial charge in [-0.3, -0.25) is 10.0 Å². The molecule has 2 aromatic heterocycles. The van der Waals surface area contributed by atoms with Crippen molar-refractivity contribution in [1.29, 1.82) is 0 Å². The number of hydrogen-bond donors (Lipinski definition) is 3. The van der Waals surface area contributed by atoms with E-state index in [1.807, 2.05) is 21.9 Å². The lowest BCUT2D eigenvalue weighted by Gasteiger charge is -2.34. The number of aromatic nitrogens is 4. The van der Waals surface area contributed by atoms with E-state index < -0.39 is 5.91 Å². The molecular weight excluding hydrogens is 464 g/mol. The lowest BCUT2D eigenvalue weighted by Crippen LogP contribution is -2.47. The van der Waals surface area contributed by atoms with Crippen LogP contribution in [-0.4, -0.2) is 71.4 Å². The maximum atomic E-state index is 11.4. The van der Waals surface area contributed by atoms with Crippen LogP contribution >= 0.6 is 11.6 Å². The summed E-state index contributed by atoms with van der Waals surface area (Å²) < 4.78 is 10.6. The van der Waals surface area contributed by atoms with E-state index >= 15 is 0 Å². The van der Waals surface area contributed by atoms with Crippen molar-refractivity contribution >= 4 is 40.9 Å². The van der Waals surface area contributed by atoms with Crippen LogP contribution in [0.2, 0.25) is 5.02 Å². The third-order valence-electron chi connectivity index (χ3n) is 5.19. The van der Waals surface area contributed by atoms with Crippen LogP contribution < -0.4 is 30.1 Å². The summed E-state index contributed by atoms with van der Waals surface area (Å²) in [6.45, 7) is 2.54. The van der Waals surface area contributed by atoms with Gasteiger partial charge in [-0.05, 0) is 0 Å². The molecule has 1 fully saturated rings. The Morgan fingerprint density at radius 3 is 2.06 bits per heavy atom. The Labute approximate surface area is 200 Å². The molecule has 0 radical (unpaired) electrons. The molecule has 3 aromatic rings. The Balaban J connectivity index is 1.44. The summed E-state index contributed by atoms with van der Waals surface area (Å²) in [6, 6.07) is 5.40. The number of carbonyl (C=O) groups excluding carboxylic acids is 1. The van der Waals surface area contributed by atoms with Crippen molar-refractivity contribution in [1.82, 2.24) is 25.4 Å². The molecule has 0 unspecified atom stereocenters. The average Bonchev–Trinajstić information content (AvgIpc) is 2.89. The summed E-state index contributed by atoms with van der Waals surface area (Å²) in [5.74, 6) is 2.11. The number of hydrogen-bond acceptors (Lipinski definition) is 11. The second kappa shape index (κ2) is 10.4. The van der Waals surface area contributed by atoms with Gasteiger partial charge in [0.2, 0.25) is 11.9 Å². The normalized spacial score (nSPS) is 13.4. The van der Waals surface area contributed by atoms with Crippen molar-refractivity contribution in [3.8, 4) is 11.5 Å². The topological polar surface area (TPSA) is 138 Å². The molecule has 1 saturated heterocycles. The molecule has 13 heteroatoms. The van der Waals surface area contributed by atoms with E-state index in [-0.39, 0.29) is 5.56 Å². The van der Waals surface area contributed by atoms with Crippen molar-refractivity contribution in [2.75, 3.05) is 55.5 Å². The van der Waals surface area contributed by atoms with Crippen molar-refractivity contribution in [2.45, 2.75) is 0 Å². The zero-order valence-corrected chi connectivity index (χ0v) is 19.3. The number of anilines is 4. The van der Waals surface area contributed by atoms with Gasteiger partial charge in [-0.25, -0.2) is 20.4 Å². The predicted octanol–water partition coefficient (Wildman–Crippen LogP) is 2.13. The highest BCUT2D eigenvalue weighted by Gasteiger charge is 2.22. The zero-order chi connectivity index (χ0) is 24.1. The summed E-state index contributed by atoms with van der Waals surface area (Å²) in [5.41, 5.74) is 2.44. The van der Waals surface area contributed by atoms with Crippen LogP contribution in [0, 0.1) is 0 Å². The van der Waals surface area contributed by atoms with Crippen molar-refractivity contribution in [3.05, 3.63) is 47.4 Å². The maximum absolute atomic E-state index is 11.4. The fourth-order valence-electron chi connectivity index (χ4n) is 3.39. The number of methoxy groups -OCH3 is 2. The zero-order valence-electron chi connectivity index (χ0n) is 18.5. The fraction of sp³-hybridized carbons (Fsp3) is 0.286. The summed E-state index contributed by atoms with van der Waals surface area (Å²) in [7, 11) is 3.17. The number of benzene rings is 1. The van der Waals surface area contributed by atoms with E-state index in [4.69, 9.17) is 26.3 Å². The van der Waals surface area contributed by atoms with E-state index in [0.29, 0.717) is 66.1 Å². The van der Waals surface area contributed by atoms with Gasteiger partial charge in [0.1, 0.15) is 16.5 Å². The molecule has 34 heavy (non-hydrogen) atoms. The highest BCUT2D eigenvalue weighted by molar-refractivity contribution is 6.32. The van der Waals surface area contributed by atoms with E-state index in [0.717, 1.165) is 0 Å². The van der Waals surface area contributed by atoms with Crippen LogP contribution in [0.3, 0.4) is 0 Å². The summed E-state index contributed by atoms with van der Waals surface area (Å²) in [5, 5.41) is 12.3. The minimum Gasteiger partial charge on any atom is -0.497 e. The fourth-order valence-corrected chi connectivity index (χ4v) is 3.53. The third-order valence-corrected chi connectivity index (χ3v) is 5.47. The number of nitrogens with zero attached hydrogens (tertiary/aromatic N) is 6. The third kappa shape index (κ3) is 5.18. The number of rotatable bonds is 7. The van der Waals surface area contributed by atoms with Gasteiger partial charge in [-0.15, -0.1) is 0 Å². The molecule has 1 amide bonds. The molecule has 1 aromatic carbocycles. The van der Waals surface area contributed by atoms with Crippen molar-refractivity contribution < 1.29 is 19.5 Å². The van der Waals surface area contributed by atoms with Crippen LogP contribution in [0.15, 0.2) is 36.8 Å². The molecule has 12 nitrogen and oxygen atoms in total. The molecule has 1 aliphatic rings. The predicted molar refractivity (Wildman–Crippen MR) is 126 cm³/mol. The molecule has 0 saturated carbocycles. The summed E-state index contributed by atoms with van der Waals surface area (Å²) in [6.07, 6.45) is 4.30. The Morgan fingerprint density at radius 2 is 1.50 bits per heavy atom. The van der Waals surface area contributed by atoms with E-state index in [1.165, 1.54) is 12.4 Å². The van der Waals surface area contributed by atoms with Gasteiger partial charge in [0.15, 0.2) is 5.82 Å². The second-order valence-electron chi connectivity index (χ2n) is 7.28. The number of ether oxygens (including phenoxy) is 2. The van der Waals surface area contributed by atoms with E-state index in [2.05, 4.69) is 25.3 Å². The van der Waals surface area contributed by atoms with Gasteiger partial charge in [0.05, 0.1) is 26.0 Å². The minimum absolute atomic E-state index is 0.174. The summed E-state index contributed by atoms with van der Waals surface area (Å²) >= 11 is 6.34. The minimum atomic E-state index is -0.659. The Morgan fingerprint density at radius 1 is 0.941 bits per heavy atom. The van der Waals surface area contributed by atoms with Gasteiger partial charge >= 0.3 is 0 Å². The highest BCUT2D eigenvalue weighted by atomic mass is 35.5. The quantitative estimate of drug-likeness (QED) is 0.334. The van der Waals surface area contributed by atoms with Gasteiger partial charge in [-0.1, -0.05) is 11.6 Å². The number of amides is 1. The number of halogens is 1. The standard InChI is InChI=1S/C21H23ClN8O4/c1-33-15-7-14(8-16(9-15)34-2)26-18-17(22)12-25-21(27-18)30-5-3-29(4-6-30)20-23-10-13(11-24-20)19(31)28-32/h7-12,32H,3-6H2,1-2H3,(H,28,31)(H,25,26,27). The van der Waals surface area contributed by atoms with Crippen LogP contribution in [-0.2, 0) is 0 Å². The first-order valence-electron chi connectivity index (χ1n) is 10.3.